The van der Waals surface area contributed by atoms with Gasteiger partial charge in [0.15, 0.2) is 0 Å². The van der Waals surface area contributed by atoms with E-state index in [2.05, 4.69) is 13.8 Å². The van der Waals surface area contributed by atoms with Crippen molar-refractivity contribution in [2.45, 2.75) is 77.4 Å². The quantitative estimate of drug-likeness (QED) is 0.676. The molecule has 1 aliphatic carbocycles. The average Bonchev–Trinajstić information content (AvgIpc) is 2.34. The third-order valence-electron chi connectivity index (χ3n) is 3.94. The summed E-state index contributed by atoms with van der Waals surface area (Å²) in [4.78, 5) is 0. The first-order chi connectivity index (χ1) is 7.77. The van der Waals surface area contributed by atoms with Crippen LogP contribution in [0.3, 0.4) is 0 Å². The van der Waals surface area contributed by atoms with E-state index in [0.717, 1.165) is 31.8 Å². The van der Waals surface area contributed by atoms with Crippen LogP contribution in [0.4, 0.5) is 0 Å². The van der Waals surface area contributed by atoms with E-state index in [-0.39, 0.29) is 0 Å². The summed E-state index contributed by atoms with van der Waals surface area (Å²) >= 11 is 0. The van der Waals surface area contributed by atoms with Crippen LogP contribution >= 0.6 is 0 Å². The van der Waals surface area contributed by atoms with E-state index in [1.807, 2.05) is 0 Å². The Balaban J connectivity index is 2.10. The summed E-state index contributed by atoms with van der Waals surface area (Å²) in [5.74, 6) is 0.814. The minimum atomic E-state index is 0.372. The minimum absolute atomic E-state index is 0.372. The van der Waals surface area contributed by atoms with Crippen molar-refractivity contribution in [3.63, 3.8) is 0 Å². The second-order valence-electron chi connectivity index (χ2n) is 5.17. The Morgan fingerprint density at radius 1 is 1.25 bits per heavy atom. The van der Waals surface area contributed by atoms with Gasteiger partial charge in [-0.15, -0.1) is 0 Å². The van der Waals surface area contributed by atoms with E-state index >= 15 is 0 Å². The normalized spacial score (nSPS) is 27.9. The molecule has 0 aromatic carbocycles. The van der Waals surface area contributed by atoms with Gasteiger partial charge in [-0.2, -0.15) is 0 Å². The topological polar surface area (TPSA) is 35.2 Å². The van der Waals surface area contributed by atoms with Gasteiger partial charge < -0.3 is 10.5 Å². The Labute approximate surface area is 101 Å². The summed E-state index contributed by atoms with van der Waals surface area (Å²) in [5, 5.41) is 0. The van der Waals surface area contributed by atoms with Gasteiger partial charge in [0.25, 0.3) is 0 Å². The molecule has 0 amide bonds. The van der Waals surface area contributed by atoms with Crippen LogP contribution in [-0.4, -0.2) is 18.8 Å². The molecular weight excluding hydrogens is 198 g/mol. The molecule has 0 saturated heterocycles. The molecule has 0 aliphatic heterocycles. The van der Waals surface area contributed by atoms with E-state index in [0.29, 0.717) is 12.1 Å². The molecule has 1 rings (SSSR count). The van der Waals surface area contributed by atoms with Crippen molar-refractivity contribution in [3.8, 4) is 0 Å². The summed E-state index contributed by atoms with van der Waals surface area (Å²) in [6.07, 6.45) is 10.5. The number of nitrogens with two attached hydrogens (primary N) is 1. The fraction of sp³-hybridized carbons (Fsp3) is 1.00. The van der Waals surface area contributed by atoms with Gasteiger partial charge in [-0.05, 0) is 38.0 Å². The maximum atomic E-state index is 6.03. The lowest BCUT2D eigenvalue weighted by atomic mass is 9.85. The molecule has 2 nitrogen and oxygen atoms in total. The Kier molecular flexibility index (Phi) is 7.06. The molecule has 0 radical (unpaired) electrons. The Morgan fingerprint density at radius 3 is 2.69 bits per heavy atom. The van der Waals surface area contributed by atoms with Crippen molar-refractivity contribution in [1.82, 2.24) is 0 Å². The summed E-state index contributed by atoms with van der Waals surface area (Å²) in [7, 11) is 0. The van der Waals surface area contributed by atoms with Crippen LogP contribution in [-0.2, 0) is 4.74 Å². The molecule has 96 valence electrons. The zero-order chi connectivity index (χ0) is 11.8. The molecule has 2 heteroatoms. The van der Waals surface area contributed by atoms with Crippen molar-refractivity contribution < 1.29 is 4.74 Å². The number of ether oxygens (including phenoxy) is 1. The molecular formula is C14H29NO. The van der Waals surface area contributed by atoms with Gasteiger partial charge in [-0.25, -0.2) is 0 Å². The first-order valence-electron chi connectivity index (χ1n) is 7.15. The van der Waals surface area contributed by atoms with Gasteiger partial charge in [-0.1, -0.05) is 33.1 Å². The maximum Gasteiger partial charge on any atom is 0.0603 e. The molecule has 0 spiro atoms. The molecule has 1 aliphatic rings. The van der Waals surface area contributed by atoms with Crippen molar-refractivity contribution in [2.75, 3.05) is 6.61 Å². The van der Waals surface area contributed by atoms with Crippen molar-refractivity contribution in [1.29, 1.82) is 0 Å². The van der Waals surface area contributed by atoms with E-state index in [1.54, 1.807) is 0 Å². The van der Waals surface area contributed by atoms with Crippen molar-refractivity contribution in [3.05, 3.63) is 0 Å². The molecule has 0 aromatic heterocycles. The van der Waals surface area contributed by atoms with Crippen LogP contribution in [0, 0.1) is 5.92 Å². The lowest BCUT2D eigenvalue weighted by Crippen LogP contribution is -2.28. The van der Waals surface area contributed by atoms with Crippen LogP contribution in [0.1, 0.15) is 65.2 Å². The number of hydrogen-bond acceptors (Lipinski definition) is 2. The molecule has 1 saturated carbocycles. The third-order valence-corrected chi connectivity index (χ3v) is 3.94. The van der Waals surface area contributed by atoms with E-state index < -0.39 is 0 Å². The zero-order valence-electron chi connectivity index (χ0n) is 11.1. The first kappa shape index (κ1) is 14.0. The average molecular weight is 227 g/mol. The van der Waals surface area contributed by atoms with Crippen LogP contribution < -0.4 is 5.73 Å². The highest BCUT2D eigenvalue weighted by Crippen LogP contribution is 2.29. The number of rotatable bonds is 7. The molecule has 2 N–H and O–H groups in total. The highest BCUT2D eigenvalue weighted by atomic mass is 16.5. The van der Waals surface area contributed by atoms with E-state index in [9.17, 15) is 0 Å². The SMILES string of the molecule is CCC(N)CCCOC1CCCCC1CC. The highest BCUT2D eigenvalue weighted by Gasteiger charge is 2.23. The maximum absolute atomic E-state index is 6.03. The van der Waals surface area contributed by atoms with Gasteiger partial charge >= 0.3 is 0 Å². The predicted molar refractivity (Wildman–Crippen MR) is 69.5 cm³/mol. The predicted octanol–water partition coefficient (Wildman–Crippen LogP) is 3.49. The minimum Gasteiger partial charge on any atom is -0.378 e. The third kappa shape index (κ3) is 4.84. The van der Waals surface area contributed by atoms with Crippen molar-refractivity contribution >= 4 is 0 Å². The summed E-state index contributed by atoms with van der Waals surface area (Å²) in [5.41, 5.74) is 5.89. The van der Waals surface area contributed by atoms with Gasteiger partial charge in [0.2, 0.25) is 0 Å². The summed E-state index contributed by atoms with van der Waals surface area (Å²) in [6, 6.07) is 0.372. The lowest BCUT2D eigenvalue weighted by Gasteiger charge is -2.30. The van der Waals surface area contributed by atoms with Gasteiger partial charge in [0.1, 0.15) is 0 Å². The van der Waals surface area contributed by atoms with E-state index in [4.69, 9.17) is 10.5 Å². The molecule has 3 unspecified atom stereocenters. The largest absolute Gasteiger partial charge is 0.378 e. The Morgan fingerprint density at radius 2 is 2.00 bits per heavy atom. The monoisotopic (exact) mass is 227 g/mol. The second-order valence-corrected chi connectivity index (χ2v) is 5.17. The van der Waals surface area contributed by atoms with Crippen LogP contribution in [0.15, 0.2) is 0 Å². The Hall–Kier alpha value is -0.0800. The zero-order valence-corrected chi connectivity index (χ0v) is 11.1. The molecule has 1 fully saturated rings. The second kappa shape index (κ2) is 8.08. The molecule has 3 atom stereocenters. The standard InChI is InChI=1S/C14H29NO/c1-3-12-8-5-6-10-14(12)16-11-7-9-13(15)4-2/h12-14H,3-11,15H2,1-2H3. The summed E-state index contributed by atoms with van der Waals surface area (Å²) in [6.45, 7) is 5.36. The Bertz CT molecular complexity index is 172. The fourth-order valence-corrected chi connectivity index (χ4v) is 2.64. The van der Waals surface area contributed by atoms with Crippen LogP contribution in [0.5, 0.6) is 0 Å². The molecule has 0 aromatic rings. The van der Waals surface area contributed by atoms with Gasteiger partial charge in [-0.3, -0.25) is 0 Å². The summed E-state index contributed by atoms with van der Waals surface area (Å²) < 4.78 is 6.03. The fourth-order valence-electron chi connectivity index (χ4n) is 2.64. The smallest absolute Gasteiger partial charge is 0.0603 e. The first-order valence-corrected chi connectivity index (χ1v) is 7.15. The molecule has 0 bridgehead atoms. The van der Waals surface area contributed by atoms with Gasteiger partial charge in [0.05, 0.1) is 6.10 Å². The van der Waals surface area contributed by atoms with E-state index in [1.165, 1.54) is 32.1 Å². The van der Waals surface area contributed by atoms with Crippen LogP contribution in [0.25, 0.3) is 0 Å². The molecule has 0 heterocycles. The molecule has 16 heavy (non-hydrogen) atoms. The van der Waals surface area contributed by atoms with Gasteiger partial charge in [0, 0.05) is 12.6 Å². The highest BCUT2D eigenvalue weighted by molar-refractivity contribution is 4.75. The van der Waals surface area contributed by atoms with Crippen LogP contribution in [0.2, 0.25) is 0 Å². The van der Waals surface area contributed by atoms with Crippen molar-refractivity contribution in [2.24, 2.45) is 11.7 Å². The number of hydrogen-bond donors (Lipinski definition) is 1. The lowest BCUT2D eigenvalue weighted by molar-refractivity contribution is -0.0138.